The van der Waals surface area contributed by atoms with Crippen molar-refractivity contribution in [3.05, 3.63) is 35.4 Å². The van der Waals surface area contributed by atoms with Crippen molar-refractivity contribution >= 4 is 17.8 Å². The number of imide groups is 1. The number of rotatable bonds is 9. The number of carbonyl (C=O) groups is 2. The van der Waals surface area contributed by atoms with Gasteiger partial charge in [0.1, 0.15) is 0 Å². The molecule has 3 rings (SSSR count). The van der Waals surface area contributed by atoms with Crippen LogP contribution in [-0.2, 0) is 0 Å². The number of fused-ring (bicyclic) bond motifs is 1. The van der Waals surface area contributed by atoms with E-state index in [1.54, 1.807) is 31.3 Å². The van der Waals surface area contributed by atoms with Crippen LogP contribution < -0.4 is 10.6 Å². The summed E-state index contributed by atoms with van der Waals surface area (Å²) in [6, 6.07) is 7.74. The Kier molecular flexibility index (Phi) is 8.25. The molecule has 0 saturated carbocycles. The predicted molar refractivity (Wildman–Crippen MR) is 120 cm³/mol. The molecule has 2 N–H and O–H groups in total. The van der Waals surface area contributed by atoms with E-state index in [1.165, 1.54) is 30.7 Å². The zero-order valence-corrected chi connectivity index (χ0v) is 18.3. The van der Waals surface area contributed by atoms with Gasteiger partial charge in [-0.2, -0.15) is 0 Å². The maximum Gasteiger partial charge on any atom is 0.261 e. The molecule has 2 aliphatic rings. The topological polar surface area (TPSA) is 77.0 Å². The number of aliphatic imine (C=N–C) groups is 1. The minimum Gasteiger partial charge on any atom is -0.356 e. The lowest BCUT2D eigenvalue weighted by Crippen LogP contribution is -2.41. The Labute approximate surface area is 179 Å². The second kappa shape index (κ2) is 11.1. The van der Waals surface area contributed by atoms with Crippen LogP contribution in [0.4, 0.5) is 0 Å². The van der Waals surface area contributed by atoms with Crippen LogP contribution in [0.2, 0.25) is 0 Å². The highest BCUT2D eigenvalue weighted by Gasteiger charge is 2.34. The molecule has 0 radical (unpaired) electrons. The maximum atomic E-state index is 12.4. The number of likely N-dealkylation sites (tertiary alicyclic amines) is 1. The fraction of sp³-hybridized carbons (Fsp3) is 0.609. The number of benzene rings is 1. The molecule has 1 atom stereocenters. The van der Waals surface area contributed by atoms with E-state index in [-0.39, 0.29) is 11.8 Å². The van der Waals surface area contributed by atoms with Crippen LogP contribution in [0.5, 0.6) is 0 Å². The maximum absolute atomic E-state index is 12.4. The summed E-state index contributed by atoms with van der Waals surface area (Å²) in [5.74, 6) is 0.454. The van der Waals surface area contributed by atoms with Gasteiger partial charge < -0.3 is 15.5 Å². The molecule has 1 saturated heterocycles. The summed E-state index contributed by atoms with van der Waals surface area (Å²) in [5, 5.41) is 6.69. The fourth-order valence-electron chi connectivity index (χ4n) is 4.24. The molecule has 1 aromatic rings. The Morgan fingerprint density at radius 1 is 1.00 bits per heavy atom. The van der Waals surface area contributed by atoms with E-state index >= 15 is 0 Å². The molecule has 2 aliphatic heterocycles. The van der Waals surface area contributed by atoms with E-state index in [2.05, 4.69) is 27.4 Å². The number of unbranched alkanes of at least 4 members (excludes halogenated alkanes) is 1. The predicted octanol–water partition coefficient (Wildman–Crippen LogP) is 2.49. The quantitative estimate of drug-likeness (QED) is 0.282. The van der Waals surface area contributed by atoms with Gasteiger partial charge >= 0.3 is 0 Å². The summed E-state index contributed by atoms with van der Waals surface area (Å²) in [4.78, 5) is 32.9. The van der Waals surface area contributed by atoms with Crippen LogP contribution >= 0.6 is 0 Å². The van der Waals surface area contributed by atoms with Gasteiger partial charge in [0.2, 0.25) is 0 Å². The molecule has 0 aromatic heterocycles. The largest absolute Gasteiger partial charge is 0.356 e. The molecule has 0 spiro atoms. The molecular weight excluding hydrogens is 378 g/mol. The van der Waals surface area contributed by atoms with Crippen molar-refractivity contribution in [1.82, 2.24) is 20.4 Å². The second-order valence-electron chi connectivity index (χ2n) is 8.17. The highest BCUT2D eigenvalue weighted by Crippen LogP contribution is 2.22. The first-order valence-electron chi connectivity index (χ1n) is 11.3. The van der Waals surface area contributed by atoms with Crippen molar-refractivity contribution in [2.24, 2.45) is 4.99 Å². The third-order valence-corrected chi connectivity index (χ3v) is 6.06. The lowest BCUT2D eigenvalue weighted by molar-refractivity contribution is 0.0652. The van der Waals surface area contributed by atoms with E-state index in [0.717, 1.165) is 44.9 Å². The molecule has 7 heteroatoms. The van der Waals surface area contributed by atoms with Crippen molar-refractivity contribution < 1.29 is 9.59 Å². The number of hydrogen-bond acceptors (Lipinski definition) is 4. The summed E-state index contributed by atoms with van der Waals surface area (Å²) in [6.07, 6.45) is 6.73. The van der Waals surface area contributed by atoms with E-state index in [0.29, 0.717) is 23.7 Å². The molecule has 1 fully saturated rings. The highest BCUT2D eigenvalue weighted by atomic mass is 16.2. The molecule has 30 heavy (non-hydrogen) atoms. The number of amides is 2. The normalized spacial score (nSPS) is 19.9. The van der Waals surface area contributed by atoms with Gasteiger partial charge in [-0.1, -0.05) is 18.6 Å². The number of guanidine groups is 1. The van der Waals surface area contributed by atoms with Crippen molar-refractivity contribution in [2.75, 3.05) is 39.8 Å². The Bertz CT molecular complexity index is 729. The van der Waals surface area contributed by atoms with Crippen LogP contribution in [0.25, 0.3) is 0 Å². The average molecular weight is 414 g/mol. The molecule has 2 heterocycles. The molecule has 1 unspecified atom stereocenters. The summed E-state index contributed by atoms with van der Waals surface area (Å²) in [7, 11) is 1.78. The number of nitrogens with zero attached hydrogens (tertiary/aromatic N) is 3. The molecule has 164 valence electrons. The summed E-state index contributed by atoms with van der Waals surface area (Å²) in [6.45, 7) is 6.79. The van der Waals surface area contributed by atoms with E-state index < -0.39 is 0 Å². The van der Waals surface area contributed by atoms with Crippen LogP contribution in [-0.4, -0.2) is 73.4 Å². The monoisotopic (exact) mass is 413 g/mol. The van der Waals surface area contributed by atoms with E-state index in [1.807, 2.05) is 0 Å². The lowest BCUT2D eigenvalue weighted by Gasteiger charge is -2.33. The van der Waals surface area contributed by atoms with Crippen LogP contribution in [0, 0.1) is 0 Å². The van der Waals surface area contributed by atoms with Crippen molar-refractivity contribution in [3.8, 4) is 0 Å². The molecule has 1 aromatic carbocycles. The van der Waals surface area contributed by atoms with Gasteiger partial charge in [-0.15, -0.1) is 0 Å². The smallest absolute Gasteiger partial charge is 0.261 e. The SMILES string of the molecule is CN=C(NCCCCN1C(=O)c2ccccc2C1=O)NCCCN1CCCCC1C. The van der Waals surface area contributed by atoms with Gasteiger partial charge in [-0.25, -0.2) is 0 Å². The Hall–Kier alpha value is -2.41. The van der Waals surface area contributed by atoms with Gasteiger partial charge in [-0.05, 0) is 57.7 Å². The Balaban J connectivity index is 1.28. The molecular formula is C23H35N5O2. The average Bonchev–Trinajstić information content (AvgIpc) is 3.01. The second-order valence-corrected chi connectivity index (χ2v) is 8.17. The highest BCUT2D eigenvalue weighted by molar-refractivity contribution is 6.21. The first kappa shape index (κ1) is 22.3. The minimum atomic E-state index is -0.177. The molecule has 2 amide bonds. The molecule has 7 nitrogen and oxygen atoms in total. The van der Waals surface area contributed by atoms with Gasteiger partial charge in [0.25, 0.3) is 11.8 Å². The Morgan fingerprint density at radius 3 is 2.30 bits per heavy atom. The summed E-state index contributed by atoms with van der Waals surface area (Å²) < 4.78 is 0. The lowest BCUT2D eigenvalue weighted by atomic mass is 10.0. The van der Waals surface area contributed by atoms with Crippen molar-refractivity contribution in [2.45, 2.75) is 51.5 Å². The van der Waals surface area contributed by atoms with Crippen molar-refractivity contribution in [1.29, 1.82) is 0 Å². The summed E-state index contributed by atoms with van der Waals surface area (Å²) >= 11 is 0. The van der Waals surface area contributed by atoms with E-state index in [4.69, 9.17) is 0 Å². The summed E-state index contributed by atoms with van der Waals surface area (Å²) in [5.41, 5.74) is 1.04. The zero-order valence-electron chi connectivity index (χ0n) is 18.3. The van der Waals surface area contributed by atoms with Gasteiger partial charge in [0, 0.05) is 39.3 Å². The van der Waals surface area contributed by atoms with Gasteiger partial charge in [-0.3, -0.25) is 19.5 Å². The van der Waals surface area contributed by atoms with Crippen LogP contribution in [0.3, 0.4) is 0 Å². The van der Waals surface area contributed by atoms with E-state index in [9.17, 15) is 9.59 Å². The standard InChI is InChI=1S/C23H35N5O2/c1-18-10-5-7-15-27(18)16-9-14-26-23(24-2)25-13-6-8-17-28-21(29)19-11-3-4-12-20(19)22(28)30/h3-4,11-12,18H,5-10,13-17H2,1-2H3,(H2,24,25,26). The van der Waals surface area contributed by atoms with Crippen LogP contribution in [0.1, 0.15) is 66.2 Å². The van der Waals surface area contributed by atoms with Gasteiger partial charge in [0.05, 0.1) is 11.1 Å². The van der Waals surface area contributed by atoms with Crippen molar-refractivity contribution in [3.63, 3.8) is 0 Å². The first-order valence-corrected chi connectivity index (χ1v) is 11.3. The van der Waals surface area contributed by atoms with Gasteiger partial charge in [0.15, 0.2) is 5.96 Å². The minimum absolute atomic E-state index is 0.177. The number of hydrogen-bond donors (Lipinski definition) is 2. The Morgan fingerprint density at radius 2 is 1.67 bits per heavy atom. The van der Waals surface area contributed by atoms with Crippen LogP contribution in [0.15, 0.2) is 29.3 Å². The zero-order chi connectivity index (χ0) is 21.3. The first-order chi connectivity index (χ1) is 14.6. The fourth-order valence-corrected chi connectivity index (χ4v) is 4.24. The third kappa shape index (κ3) is 5.59. The number of carbonyl (C=O) groups excluding carboxylic acids is 2. The number of nitrogens with one attached hydrogen (secondary N) is 2. The third-order valence-electron chi connectivity index (χ3n) is 6.06. The molecule has 0 bridgehead atoms. The number of piperidine rings is 1. The molecule has 0 aliphatic carbocycles.